The minimum absolute atomic E-state index is 0.0669. The van der Waals surface area contributed by atoms with Crippen molar-refractivity contribution in [3.63, 3.8) is 0 Å². The van der Waals surface area contributed by atoms with Crippen LogP contribution in [0.3, 0.4) is 0 Å². The lowest BCUT2D eigenvalue weighted by molar-refractivity contribution is -0.136. The molecule has 130 valence electrons. The second kappa shape index (κ2) is 4.78. The van der Waals surface area contributed by atoms with E-state index in [1.807, 2.05) is 11.8 Å². The zero-order chi connectivity index (χ0) is 17.3. The van der Waals surface area contributed by atoms with Gasteiger partial charge in [0.1, 0.15) is 0 Å². The van der Waals surface area contributed by atoms with Gasteiger partial charge in [0.05, 0.1) is 35.7 Å². The van der Waals surface area contributed by atoms with Crippen LogP contribution in [-0.2, 0) is 9.53 Å². The molecule has 0 N–H and O–H groups in total. The lowest BCUT2D eigenvalue weighted by Crippen LogP contribution is -2.48. The molecule has 0 saturated carbocycles. The minimum atomic E-state index is -0.627. The summed E-state index contributed by atoms with van der Waals surface area (Å²) in [7, 11) is 0. The van der Waals surface area contributed by atoms with Crippen molar-refractivity contribution in [1.82, 2.24) is 19.9 Å². The minimum Gasteiger partial charge on any atom is -0.351 e. The van der Waals surface area contributed by atoms with Gasteiger partial charge in [-0.05, 0) is 19.9 Å². The molecule has 25 heavy (non-hydrogen) atoms. The number of rotatable bonds is 1. The second-order valence-corrected chi connectivity index (χ2v) is 6.97. The number of pyridine rings is 1. The molecule has 8 nitrogen and oxygen atoms in total. The molecule has 0 aliphatic carbocycles. The van der Waals surface area contributed by atoms with Crippen LogP contribution in [0.15, 0.2) is 10.6 Å². The summed E-state index contributed by atoms with van der Waals surface area (Å²) in [6.07, 6.45) is 0.979. The highest BCUT2D eigenvalue weighted by Gasteiger charge is 2.63. The highest BCUT2D eigenvalue weighted by molar-refractivity contribution is 6.06. The summed E-state index contributed by atoms with van der Waals surface area (Å²) in [5.41, 5.74) is 1.61. The van der Waals surface area contributed by atoms with Crippen LogP contribution < -0.4 is 0 Å². The molecule has 3 aliphatic heterocycles. The van der Waals surface area contributed by atoms with Gasteiger partial charge in [0.2, 0.25) is 5.91 Å². The predicted molar refractivity (Wildman–Crippen MR) is 85.7 cm³/mol. The van der Waals surface area contributed by atoms with Gasteiger partial charge in [0.15, 0.2) is 5.72 Å². The molecule has 5 rings (SSSR count). The molecule has 3 saturated heterocycles. The normalized spacial score (nSPS) is 28.1. The lowest BCUT2D eigenvalue weighted by Gasteiger charge is -2.31. The first-order chi connectivity index (χ1) is 12.0. The molecule has 3 fully saturated rings. The van der Waals surface area contributed by atoms with Gasteiger partial charge in [-0.15, -0.1) is 0 Å². The topological polar surface area (TPSA) is 88.8 Å². The van der Waals surface area contributed by atoms with E-state index in [2.05, 4.69) is 10.1 Å². The van der Waals surface area contributed by atoms with Gasteiger partial charge in [-0.25, -0.2) is 4.98 Å². The van der Waals surface area contributed by atoms with Crippen LogP contribution in [0.5, 0.6) is 0 Å². The van der Waals surface area contributed by atoms with Crippen LogP contribution in [-0.4, -0.2) is 63.2 Å². The van der Waals surface area contributed by atoms with E-state index in [0.29, 0.717) is 60.6 Å². The van der Waals surface area contributed by atoms with E-state index >= 15 is 0 Å². The van der Waals surface area contributed by atoms with E-state index in [9.17, 15) is 9.59 Å². The molecule has 8 heteroatoms. The number of hydrogen-bond acceptors (Lipinski definition) is 6. The van der Waals surface area contributed by atoms with E-state index in [0.717, 1.165) is 0 Å². The summed E-state index contributed by atoms with van der Waals surface area (Å²) in [6, 6.07) is 1.53. The molecule has 0 bridgehead atoms. The zero-order valence-corrected chi connectivity index (χ0v) is 14.1. The molecule has 0 radical (unpaired) electrons. The summed E-state index contributed by atoms with van der Waals surface area (Å²) < 4.78 is 11.2. The Bertz CT molecular complexity index is 923. The number of nitrogens with zero attached hydrogens (tertiary/aromatic N) is 4. The Morgan fingerprint density at radius 3 is 3.04 bits per heavy atom. The second-order valence-electron chi connectivity index (χ2n) is 6.97. The molecule has 0 unspecified atom stereocenters. The number of likely N-dealkylation sites (tertiary alicyclic amines) is 1. The van der Waals surface area contributed by atoms with Crippen LogP contribution >= 0.6 is 0 Å². The number of aryl methyl sites for hydroxylation is 2. The standard InChI is InChI=1S/C17H18N4O4/c1-9-7-11(14-10(2)19-25-15(14)18-9)16(23)20-4-3-17-12(20)8-13(22)21(17)5-6-24-17/h7,12H,3-6,8H2,1-2H3/t12-,17+/m1/s1. The Balaban J connectivity index is 1.58. The average molecular weight is 342 g/mol. The Kier molecular flexibility index (Phi) is 2.84. The fourth-order valence-electron chi connectivity index (χ4n) is 4.58. The van der Waals surface area contributed by atoms with E-state index in [1.165, 1.54) is 0 Å². The van der Waals surface area contributed by atoms with Gasteiger partial charge in [-0.2, -0.15) is 0 Å². The molecule has 0 aromatic carbocycles. The van der Waals surface area contributed by atoms with Crippen molar-refractivity contribution in [3.05, 3.63) is 23.0 Å². The van der Waals surface area contributed by atoms with Crippen LogP contribution in [0.1, 0.15) is 34.6 Å². The molecule has 2 atom stereocenters. The fraction of sp³-hybridized carbons (Fsp3) is 0.529. The van der Waals surface area contributed by atoms with E-state index in [-0.39, 0.29) is 17.9 Å². The van der Waals surface area contributed by atoms with Gasteiger partial charge >= 0.3 is 0 Å². The Morgan fingerprint density at radius 2 is 2.20 bits per heavy atom. The number of carbonyl (C=O) groups excluding carboxylic acids is 2. The van der Waals surface area contributed by atoms with Crippen molar-refractivity contribution in [2.45, 2.75) is 38.5 Å². The van der Waals surface area contributed by atoms with Gasteiger partial charge < -0.3 is 19.1 Å². The molecule has 2 aromatic heterocycles. The van der Waals surface area contributed by atoms with E-state index in [1.54, 1.807) is 17.9 Å². The monoisotopic (exact) mass is 342 g/mol. The maximum Gasteiger partial charge on any atom is 0.258 e. The molecule has 3 aliphatic rings. The summed E-state index contributed by atoms with van der Waals surface area (Å²) >= 11 is 0. The highest BCUT2D eigenvalue weighted by atomic mass is 16.5. The van der Waals surface area contributed by atoms with Gasteiger partial charge in [-0.3, -0.25) is 9.59 Å². The third-order valence-electron chi connectivity index (χ3n) is 5.64. The number of amides is 2. The fourth-order valence-corrected chi connectivity index (χ4v) is 4.58. The van der Waals surface area contributed by atoms with Crippen molar-refractivity contribution in [2.75, 3.05) is 19.7 Å². The summed E-state index contributed by atoms with van der Waals surface area (Å²) in [4.78, 5) is 33.6. The van der Waals surface area contributed by atoms with Crippen molar-refractivity contribution < 1.29 is 18.8 Å². The Labute approximate surface area is 143 Å². The van der Waals surface area contributed by atoms with Gasteiger partial charge in [-0.1, -0.05) is 5.16 Å². The van der Waals surface area contributed by atoms with Gasteiger partial charge in [0, 0.05) is 25.2 Å². The first kappa shape index (κ1) is 14.8. The lowest BCUT2D eigenvalue weighted by atomic mass is 10.0. The maximum absolute atomic E-state index is 13.3. The Hall–Kier alpha value is -2.48. The first-order valence-corrected chi connectivity index (χ1v) is 8.50. The van der Waals surface area contributed by atoms with Crippen LogP contribution in [0.25, 0.3) is 11.1 Å². The van der Waals surface area contributed by atoms with Crippen molar-refractivity contribution in [1.29, 1.82) is 0 Å². The van der Waals surface area contributed by atoms with Gasteiger partial charge in [0.25, 0.3) is 11.6 Å². The number of ether oxygens (including phenoxy) is 1. The first-order valence-electron chi connectivity index (χ1n) is 8.50. The molecule has 1 spiro atoms. The smallest absolute Gasteiger partial charge is 0.258 e. The van der Waals surface area contributed by atoms with Crippen molar-refractivity contribution in [3.8, 4) is 0 Å². The summed E-state index contributed by atoms with van der Waals surface area (Å²) in [6.45, 7) is 5.33. The quantitative estimate of drug-likeness (QED) is 0.768. The van der Waals surface area contributed by atoms with E-state index < -0.39 is 5.72 Å². The third kappa shape index (κ3) is 1.80. The molecule has 5 heterocycles. The maximum atomic E-state index is 13.3. The van der Waals surface area contributed by atoms with Crippen LogP contribution in [0.4, 0.5) is 0 Å². The van der Waals surface area contributed by atoms with E-state index in [4.69, 9.17) is 9.26 Å². The largest absolute Gasteiger partial charge is 0.351 e. The summed E-state index contributed by atoms with van der Waals surface area (Å²) in [5, 5.41) is 4.59. The molecular weight excluding hydrogens is 324 g/mol. The molecule has 2 amide bonds. The number of carbonyl (C=O) groups is 2. The van der Waals surface area contributed by atoms with Crippen molar-refractivity contribution >= 4 is 22.9 Å². The van der Waals surface area contributed by atoms with Crippen LogP contribution in [0.2, 0.25) is 0 Å². The van der Waals surface area contributed by atoms with Crippen molar-refractivity contribution in [2.24, 2.45) is 0 Å². The zero-order valence-electron chi connectivity index (χ0n) is 14.1. The highest BCUT2D eigenvalue weighted by Crippen LogP contribution is 2.46. The van der Waals surface area contributed by atoms with Crippen LogP contribution in [0, 0.1) is 13.8 Å². The number of hydrogen-bond donors (Lipinski definition) is 0. The number of fused-ring (bicyclic) bond motifs is 1. The SMILES string of the molecule is Cc1cc(C(=O)N2CC[C@@]34OCCN3C(=O)C[C@@H]24)c2c(C)noc2n1. The Morgan fingerprint density at radius 1 is 1.36 bits per heavy atom. The molecule has 2 aromatic rings. The third-order valence-corrected chi connectivity index (χ3v) is 5.64. The average Bonchev–Trinajstić information content (AvgIpc) is 3.30. The molecular formula is C17H18N4O4. The summed E-state index contributed by atoms with van der Waals surface area (Å²) in [5.74, 6) is -0.0500. The number of aromatic nitrogens is 2. The predicted octanol–water partition coefficient (Wildman–Crippen LogP) is 1.01.